The van der Waals surface area contributed by atoms with Crippen molar-refractivity contribution in [2.45, 2.75) is 0 Å². The summed E-state index contributed by atoms with van der Waals surface area (Å²) in [5.41, 5.74) is 0. The average Bonchev–Trinajstić information content (AvgIpc) is 2.97. The number of aliphatic carboxylic acids is 6. The molecule has 1 aliphatic rings. The number of hydrogen-bond donors (Lipinski definition) is 6. The summed E-state index contributed by atoms with van der Waals surface area (Å²) in [6.45, 7) is 5.13. The Balaban J connectivity index is 3.26. The van der Waals surface area contributed by atoms with Gasteiger partial charge in [0.25, 0.3) is 0 Å². The van der Waals surface area contributed by atoms with Gasteiger partial charge in [0.2, 0.25) is 0 Å². The Bertz CT molecular complexity index is 981. The van der Waals surface area contributed by atoms with E-state index in [0.717, 1.165) is 13.1 Å². The quantitative estimate of drug-likeness (QED) is 0.0559. The first-order valence-corrected chi connectivity index (χ1v) is 16.5. The monoisotopic (exact) mass is 720 g/mol. The van der Waals surface area contributed by atoms with Crippen molar-refractivity contribution in [1.29, 1.82) is 0 Å². The largest absolute Gasteiger partial charge is 0.480 e. The van der Waals surface area contributed by atoms with Crippen LogP contribution in [-0.4, -0.2) is 264 Å². The number of carboxylic acid groups (broad SMARTS) is 6. The molecule has 0 aromatic rings. The van der Waals surface area contributed by atoms with Crippen LogP contribution in [0, 0.1) is 0 Å². The van der Waals surface area contributed by atoms with Crippen molar-refractivity contribution in [1.82, 2.24) is 39.2 Å². The molecule has 50 heavy (non-hydrogen) atoms. The molecule has 0 unspecified atom stereocenters. The zero-order valence-electron chi connectivity index (χ0n) is 29.3. The Morgan fingerprint density at radius 3 is 0.720 bits per heavy atom. The molecule has 0 atom stereocenters. The molecule has 1 rings (SSSR count). The van der Waals surface area contributed by atoms with E-state index >= 15 is 0 Å². The highest BCUT2D eigenvalue weighted by atomic mass is 16.4. The zero-order chi connectivity index (χ0) is 37.6. The van der Waals surface area contributed by atoms with Crippen molar-refractivity contribution in [2.24, 2.45) is 0 Å². The second-order valence-electron chi connectivity index (χ2n) is 12.7. The second kappa shape index (κ2) is 24.6. The van der Waals surface area contributed by atoms with Crippen LogP contribution < -0.4 is 0 Å². The Morgan fingerprint density at radius 1 is 0.380 bits per heavy atom. The highest BCUT2D eigenvalue weighted by Gasteiger charge is 2.22. The van der Waals surface area contributed by atoms with Gasteiger partial charge in [0.1, 0.15) is 0 Å². The predicted molar refractivity (Wildman–Crippen MR) is 179 cm³/mol. The van der Waals surface area contributed by atoms with E-state index in [-0.39, 0.29) is 19.6 Å². The summed E-state index contributed by atoms with van der Waals surface area (Å²) < 4.78 is 0. The van der Waals surface area contributed by atoms with Gasteiger partial charge in [0, 0.05) is 105 Å². The number of carboxylic acids is 6. The number of likely N-dealkylation sites (N-methyl/N-ethyl adjacent to an activating group) is 1. The first-order chi connectivity index (χ1) is 23.5. The fraction of sp³-hybridized carbons (Fsp3) is 0.800. The number of hydrogen-bond acceptors (Lipinski definition) is 14. The third-order valence-electron chi connectivity index (χ3n) is 8.14. The van der Waals surface area contributed by atoms with Crippen LogP contribution in [0.25, 0.3) is 0 Å². The molecule has 0 bridgehead atoms. The lowest BCUT2D eigenvalue weighted by Crippen LogP contribution is -2.50. The van der Waals surface area contributed by atoms with Crippen molar-refractivity contribution in [3.8, 4) is 0 Å². The summed E-state index contributed by atoms with van der Waals surface area (Å²) in [4.78, 5) is 83.0. The van der Waals surface area contributed by atoms with E-state index in [9.17, 15) is 59.4 Å². The first kappa shape index (κ1) is 44.5. The van der Waals surface area contributed by atoms with Gasteiger partial charge in [0.05, 0.1) is 39.3 Å². The first-order valence-electron chi connectivity index (χ1n) is 16.5. The summed E-state index contributed by atoms with van der Waals surface area (Å²) in [5, 5.41) is 55.8. The van der Waals surface area contributed by atoms with Gasteiger partial charge in [-0.05, 0) is 14.1 Å². The van der Waals surface area contributed by atoms with E-state index in [0.29, 0.717) is 72.0 Å². The van der Waals surface area contributed by atoms with Crippen LogP contribution in [0.2, 0.25) is 0 Å². The summed E-state index contributed by atoms with van der Waals surface area (Å²) in [6, 6.07) is 0. The number of rotatable bonds is 24. The molecule has 1 fully saturated rings. The van der Waals surface area contributed by atoms with E-state index in [1.807, 2.05) is 14.1 Å². The van der Waals surface area contributed by atoms with Crippen LogP contribution in [0.4, 0.5) is 0 Å². The molecule has 0 saturated carbocycles. The van der Waals surface area contributed by atoms with E-state index in [2.05, 4.69) is 24.5 Å². The highest BCUT2D eigenvalue weighted by molar-refractivity contribution is 5.73. The highest BCUT2D eigenvalue weighted by Crippen LogP contribution is 2.04. The summed E-state index contributed by atoms with van der Waals surface area (Å²) in [6.07, 6.45) is 0. The molecule has 0 amide bonds. The molecule has 0 aliphatic carbocycles. The zero-order valence-corrected chi connectivity index (χ0v) is 29.3. The maximum absolute atomic E-state index is 11.4. The molecule has 6 N–H and O–H groups in total. The standard InChI is InChI=1S/C30H56N8O12/c1-31(2)3-4-32-5-7-33(13-16-36(19-25(39)40)20-26(41)42)9-11-35(15-18-38(23-29(47)48)24-30(49)50)12-10-34(8-6-32)14-17-37(21-27(43)44)22-28(45)46/h3-24H2,1-2H3,(H,39,40)(H,41,42)(H,43,44)(H,45,46)(H,47,48)(H,49,50). The topological polar surface area (TPSA) is 250 Å². The summed E-state index contributed by atoms with van der Waals surface area (Å²) in [5.74, 6) is -6.84. The lowest BCUT2D eigenvalue weighted by molar-refractivity contribution is -0.143. The molecule has 0 radical (unpaired) electrons. The van der Waals surface area contributed by atoms with Crippen molar-refractivity contribution in [3.63, 3.8) is 0 Å². The van der Waals surface area contributed by atoms with Crippen molar-refractivity contribution in [2.75, 3.05) is 158 Å². The third kappa shape index (κ3) is 23.0. The smallest absolute Gasteiger partial charge is 0.317 e. The predicted octanol–water partition coefficient (Wildman–Crippen LogP) is -3.82. The molecule has 1 aliphatic heterocycles. The fourth-order valence-corrected chi connectivity index (χ4v) is 5.45. The van der Waals surface area contributed by atoms with Crippen LogP contribution in [-0.2, 0) is 28.8 Å². The maximum Gasteiger partial charge on any atom is 0.317 e. The summed E-state index contributed by atoms with van der Waals surface area (Å²) >= 11 is 0. The molecular formula is C30H56N8O12. The van der Waals surface area contributed by atoms with Gasteiger partial charge in [-0.2, -0.15) is 0 Å². The van der Waals surface area contributed by atoms with Gasteiger partial charge in [-0.15, -0.1) is 0 Å². The second-order valence-corrected chi connectivity index (χ2v) is 12.7. The SMILES string of the molecule is CN(C)CCN1CCN(CCN(CC(=O)O)CC(=O)O)CCN(CCN(CC(=O)O)CC(=O)O)CCN(CCN(CC(=O)O)CC(=O)O)CC1. The van der Waals surface area contributed by atoms with E-state index < -0.39 is 75.1 Å². The molecule has 288 valence electrons. The minimum Gasteiger partial charge on any atom is -0.480 e. The molecule has 20 nitrogen and oxygen atoms in total. The molecule has 0 aromatic heterocycles. The van der Waals surface area contributed by atoms with E-state index in [1.165, 1.54) is 14.7 Å². The van der Waals surface area contributed by atoms with Gasteiger partial charge in [-0.25, -0.2) is 0 Å². The van der Waals surface area contributed by atoms with Gasteiger partial charge in [-0.3, -0.25) is 63.1 Å². The van der Waals surface area contributed by atoms with Crippen LogP contribution >= 0.6 is 0 Å². The van der Waals surface area contributed by atoms with E-state index in [1.54, 1.807) is 0 Å². The lowest BCUT2D eigenvalue weighted by Gasteiger charge is -2.36. The molecule has 1 saturated heterocycles. The Labute approximate surface area is 292 Å². The number of carbonyl (C=O) groups is 6. The molecule has 0 spiro atoms. The lowest BCUT2D eigenvalue weighted by atomic mass is 10.3. The Kier molecular flexibility index (Phi) is 21.9. The van der Waals surface area contributed by atoms with Crippen molar-refractivity contribution in [3.05, 3.63) is 0 Å². The Hall–Kier alpha value is -3.50. The van der Waals surface area contributed by atoms with Crippen LogP contribution in [0.1, 0.15) is 0 Å². The van der Waals surface area contributed by atoms with Gasteiger partial charge >= 0.3 is 35.8 Å². The minimum absolute atomic E-state index is 0.160. The molecular weight excluding hydrogens is 664 g/mol. The minimum atomic E-state index is -1.16. The Morgan fingerprint density at radius 2 is 0.560 bits per heavy atom. The van der Waals surface area contributed by atoms with Crippen molar-refractivity contribution >= 4 is 35.8 Å². The van der Waals surface area contributed by atoms with E-state index in [4.69, 9.17) is 0 Å². The fourth-order valence-electron chi connectivity index (χ4n) is 5.45. The number of nitrogens with zero attached hydrogens (tertiary/aromatic N) is 8. The van der Waals surface area contributed by atoms with Crippen LogP contribution in [0.3, 0.4) is 0 Å². The normalized spacial score (nSPS) is 16.4. The van der Waals surface area contributed by atoms with Crippen LogP contribution in [0.5, 0.6) is 0 Å². The van der Waals surface area contributed by atoms with Gasteiger partial charge in [0.15, 0.2) is 0 Å². The molecule has 1 heterocycles. The van der Waals surface area contributed by atoms with Gasteiger partial charge < -0.3 is 35.5 Å². The van der Waals surface area contributed by atoms with Crippen LogP contribution in [0.15, 0.2) is 0 Å². The summed E-state index contributed by atoms with van der Waals surface area (Å²) in [7, 11) is 3.94. The molecule has 0 aromatic carbocycles. The third-order valence-corrected chi connectivity index (χ3v) is 8.14. The average molecular weight is 721 g/mol. The van der Waals surface area contributed by atoms with Gasteiger partial charge in [-0.1, -0.05) is 0 Å². The molecule has 20 heteroatoms. The maximum atomic E-state index is 11.4. The van der Waals surface area contributed by atoms with Crippen molar-refractivity contribution < 1.29 is 59.4 Å².